The molecule has 1 aromatic carbocycles. The van der Waals surface area contributed by atoms with Crippen molar-refractivity contribution in [2.45, 2.75) is 25.7 Å². The summed E-state index contributed by atoms with van der Waals surface area (Å²) in [5.74, 6) is 1.64. The zero-order valence-electron chi connectivity index (χ0n) is 16.8. The van der Waals surface area contributed by atoms with E-state index in [4.69, 9.17) is 4.74 Å². The number of hydrogen-bond donors (Lipinski definition) is 0. The number of rotatable bonds is 6. The molecule has 1 fully saturated rings. The number of ether oxygens (including phenoxy) is 1. The highest BCUT2D eigenvalue weighted by Crippen LogP contribution is 2.33. The lowest BCUT2D eigenvalue weighted by molar-refractivity contribution is -0.127. The number of carbonyl (C=O) groups is 1. The Morgan fingerprint density at radius 1 is 1.25 bits per heavy atom. The first-order chi connectivity index (χ1) is 13.5. The van der Waals surface area contributed by atoms with Crippen LogP contribution in [0, 0.1) is 6.92 Å². The second-order valence-corrected chi connectivity index (χ2v) is 7.43. The molecule has 0 aliphatic carbocycles. The first-order valence-electron chi connectivity index (χ1n) is 9.68. The lowest BCUT2D eigenvalue weighted by Crippen LogP contribution is -2.37. The van der Waals surface area contributed by atoms with E-state index in [9.17, 15) is 4.79 Å². The third-order valence-electron chi connectivity index (χ3n) is 4.82. The van der Waals surface area contributed by atoms with Gasteiger partial charge in [0.15, 0.2) is 0 Å². The van der Waals surface area contributed by atoms with E-state index in [1.54, 1.807) is 18.5 Å². The maximum absolute atomic E-state index is 12.3. The number of piperidine rings is 1. The fourth-order valence-corrected chi connectivity index (χ4v) is 3.33. The van der Waals surface area contributed by atoms with Gasteiger partial charge in [-0.2, -0.15) is 0 Å². The molecule has 1 amide bonds. The van der Waals surface area contributed by atoms with E-state index in [-0.39, 0.29) is 11.8 Å². The molecule has 0 spiro atoms. The van der Waals surface area contributed by atoms with Crippen molar-refractivity contribution in [2.24, 2.45) is 0 Å². The van der Waals surface area contributed by atoms with E-state index < -0.39 is 0 Å². The zero-order chi connectivity index (χ0) is 19.9. The van der Waals surface area contributed by atoms with E-state index in [1.165, 1.54) is 0 Å². The minimum Gasteiger partial charge on any atom is -0.437 e. The van der Waals surface area contributed by atoms with Gasteiger partial charge >= 0.3 is 0 Å². The number of benzene rings is 1. The van der Waals surface area contributed by atoms with E-state index >= 15 is 0 Å². The molecule has 1 saturated heterocycles. The van der Waals surface area contributed by atoms with Crippen LogP contribution < -0.4 is 4.74 Å². The monoisotopic (exact) mass is 380 g/mol. The second kappa shape index (κ2) is 9.46. The van der Waals surface area contributed by atoms with Crippen molar-refractivity contribution >= 4 is 5.91 Å². The Labute approximate surface area is 166 Å². The van der Waals surface area contributed by atoms with Gasteiger partial charge < -0.3 is 14.5 Å². The molecule has 0 bridgehead atoms. The van der Waals surface area contributed by atoms with E-state index in [2.05, 4.69) is 9.97 Å². The fraction of sp³-hybridized carbons (Fsp3) is 0.409. The molecule has 6 nitrogen and oxygen atoms in total. The first kappa shape index (κ1) is 20.0. The van der Waals surface area contributed by atoms with E-state index in [1.807, 2.05) is 61.2 Å². The Morgan fingerprint density at radius 2 is 2.00 bits per heavy atom. The van der Waals surface area contributed by atoms with Crippen molar-refractivity contribution in [2.75, 3.05) is 33.7 Å². The number of carbonyl (C=O) groups excluding carboxylic acids is 1. The summed E-state index contributed by atoms with van der Waals surface area (Å²) in [4.78, 5) is 25.2. The predicted molar refractivity (Wildman–Crippen MR) is 110 cm³/mol. The van der Waals surface area contributed by atoms with Crippen LogP contribution in [0.15, 0.2) is 48.8 Å². The van der Waals surface area contributed by atoms with Crippen LogP contribution in [-0.2, 0) is 4.79 Å². The third kappa shape index (κ3) is 5.39. The largest absolute Gasteiger partial charge is 0.437 e. The first-order valence-corrected chi connectivity index (χ1v) is 9.68. The van der Waals surface area contributed by atoms with Crippen molar-refractivity contribution in [3.05, 3.63) is 60.1 Å². The van der Waals surface area contributed by atoms with Gasteiger partial charge in [0.2, 0.25) is 11.8 Å². The van der Waals surface area contributed by atoms with Gasteiger partial charge in [-0.15, -0.1) is 0 Å². The molecular formula is C22H28N4O2. The van der Waals surface area contributed by atoms with Crippen molar-refractivity contribution < 1.29 is 9.53 Å². The second-order valence-electron chi connectivity index (χ2n) is 7.43. The Hall–Kier alpha value is -2.73. The number of likely N-dealkylation sites (tertiary alicyclic amines) is 1. The van der Waals surface area contributed by atoms with Crippen LogP contribution in [0.5, 0.6) is 11.6 Å². The minimum atomic E-state index is 0.0793. The van der Waals surface area contributed by atoms with Crippen LogP contribution >= 0.6 is 0 Å². The summed E-state index contributed by atoms with van der Waals surface area (Å²) in [7, 11) is 3.97. The van der Waals surface area contributed by atoms with Crippen LogP contribution in [-0.4, -0.2) is 59.4 Å². The quantitative estimate of drug-likeness (QED) is 0.719. The van der Waals surface area contributed by atoms with Gasteiger partial charge in [0.1, 0.15) is 11.4 Å². The van der Waals surface area contributed by atoms with Crippen molar-refractivity contribution in [1.82, 2.24) is 19.8 Å². The maximum Gasteiger partial charge on any atom is 0.246 e. The van der Waals surface area contributed by atoms with Gasteiger partial charge in [0, 0.05) is 44.0 Å². The maximum atomic E-state index is 12.3. The Bertz CT molecular complexity index is 827. The topological polar surface area (TPSA) is 58.6 Å². The number of aromatic nitrogens is 2. The minimum absolute atomic E-state index is 0.0793. The number of amides is 1. The summed E-state index contributed by atoms with van der Waals surface area (Å²) in [6.07, 6.45) is 8.66. The lowest BCUT2D eigenvalue weighted by Gasteiger charge is -2.31. The molecule has 1 aliphatic heterocycles. The normalized spacial score (nSPS) is 15.4. The Morgan fingerprint density at radius 3 is 2.71 bits per heavy atom. The lowest BCUT2D eigenvalue weighted by atomic mass is 9.93. The Balaban J connectivity index is 1.63. The average molecular weight is 380 g/mol. The van der Waals surface area contributed by atoms with Gasteiger partial charge in [-0.1, -0.05) is 18.2 Å². The molecule has 1 aromatic heterocycles. The third-order valence-corrected chi connectivity index (χ3v) is 4.82. The van der Waals surface area contributed by atoms with Crippen LogP contribution in [0.2, 0.25) is 0 Å². The van der Waals surface area contributed by atoms with Gasteiger partial charge in [-0.05, 0) is 51.6 Å². The number of likely N-dealkylation sites (N-methyl/N-ethyl adjacent to an activating group) is 1. The fourth-order valence-electron chi connectivity index (χ4n) is 3.33. The molecule has 0 radical (unpaired) electrons. The molecule has 1 aliphatic rings. The summed E-state index contributed by atoms with van der Waals surface area (Å²) in [5.41, 5.74) is 2.01. The predicted octanol–water partition coefficient (Wildman–Crippen LogP) is 3.40. The average Bonchev–Trinajstić information content (AvgIpc) is 2.68. The number of hydrogen-bond acceptors (Lipinski definition) is 5. The molecule has 2 heterocycles. The standard InChI is InChI=1S/C22H28N4O2/c1-17-6-4-7-19(16-17)28-22-21(23-11-12-24-22)18-9-14-26(15-10-18)20(27)8-5-13-25(2)3/h4-8,11-12,16,18H,9-10,13-15H2,1-3H3/b8-5+. The van der Waals surface area contributed by atoms with Crippen LogP contribution in [0.25, 0.3) is 0 Å². The van der Waals surface area contributed by atoms with Gasteiger partial charge in [-0.25, -0.2) is 4.98 Å². The summed E-state index contributed by atoms with van der Waals surface area (Å²) >= 11 is 0. The van der Waals surface area contributed by atoms with Crippen molar-refractivity contribution in [3.8, 4) is 11.6 Å². The highest BCUT2D eigenvalue weighted by atomic mass is 16.5. The molecule has 148 valence electrons. The highest BCUT2D eigenvalue weighted by molar-refractivity contribution is 5.87. The van der Waals surface area contributed by atoms with Crippen LogP contribution in [0.3, 0.4) is 0 Å². The SMILES string of the molecule is Cc1cccc(Oc2nccnc2C2CCN(C(=O)/C=C/CN(C)C)CC2)c1. The molecule has 0 N–H and O–H groups in total. The molecule has 28 heavy (non-hydrogen) atoms. The molecule has 6 heteroatoms. The smallest absolute Gasteiger partial charge is 0.246 e. The van der Waals surface area contributed by atoms with Crippen molar-refractivity contribution in [1.29, 1.82) is 0 Å². The molecule has 0 atom stereocenters. The van der Waals surface area contributed by atoms with E-state index in [0.29, 0.717) is 5.88 Å². The summed E-state index contributed by atoms with van der Waals surface area (Å²) in [6, 6.07) is 7.91. The Kier molecular flexibility index (Phi) is 6.76. The summed E-state index contributed by atoms with van der Waals surface area (Å²) in [5, 5.41) is 0. The summed E-state index contributed by atoms with van der Waals surface area (Å²) < 4.78 is 6.02. The number of nitrogens with zero attached hydrogens (tertiary/aromatic N) is 4. The van der Waals surface area contributed by atoms with Crippen LogP contribution in [0.4, 0.5) is 0 Å². The summed E-state index contributed by atoms with van der Waals surface area (Å²) in [6.45, 7) is 4.23. The van der Waals surface area contributed by atoms with E-state index in [0.717, 1.165) is 49.5 Å². The molecular weight excluding hydrogens is 352 g/mol. The molecule has 2 aromatic rings. The molecule has 0 saturated carbocycles. The number of aryl methyl sites for hydroxylation is 1. The van der Waals surface area contributed by atoms with Gasteiger partial charge in [-0.3, -0.25) is 9.78 Å². The molecule has 3 rings (SSSR count). The highest BCUT2D eigenvalue weighted by Gasteiger charge is 2.26. The van der Waals surface area contributed by atoms with Gasteiger partial charge in [0.25, 0.3) is 0 Å². The van der Waals surface area contributed by atoms with Crippen LogP contribution in [0.1, 0.15) is 30.0 Å². The van der Waals surface area contributed by atoms with Crippen molar-refractivity contribution in [3.63, 3.8) is 0 Å². The van der Waals surface area contributed by atoms with Gasteiger partial charge in [0.05, 0.1) is 0 Å². The molecule has 0 unspecified atom stereocenters. The zero-order valence-corrected chi connectivity index (χ0v) is 16.8.